The van der Waals surface area contributed by atoms with E-state index in [-0.39, 0.29) is 17.0 Å². The Kier molecular flexibility index (Phi) is 5.08. The second-order valence-electron chi connectivity index (χ2n) is 4.83. The van der Waals surface area contributed by atoms with E-state index in [4.69, 9.17) is 5.11 Å². The molecule has 0 bridgehead atoms. The monoisotopic (exact) mass is 314 g/mol. The maximum Gasteiger partial charge on any atom is 0.335 e. The van der Waals surface area contributed by atoms with Gasteiger partial charge in [-0.15, -0.1) is 0 Å². The first-order valence-electron chi connectivity index (χ1n) is 6.10. The van der Waals surface area contributed by atoms with Gasteiger partial charge in [-0.05, 0) is 37.1 Å². The third-order valence-electron chi connectivity index (χ3n) is 3.07. The first kappa shape index (κ1) is 17.1. The van der Waals surface area contributed by atoms with Crippen molar-refractivity contribution in [2.24, 2.45) is 0 Å². The van der Waals surface area contributed by atoms with Crippen molar-refractivity contribution < 1.29 is 23.1 Å². The first-order valence-corrected chi connectivity index (χ1v) is 7.59. The van der Waals surface area contributed by atoms with Gasteiger partial charge in [-0.25, -0.2) is 17.9 Å². The number of sulfonamides is 1. The number of carbonyl (C=O) groups is 2. The Morgan fingerprint density at radius 2 is 1.81 bits per heavy atom. The Morgan fingerprint density at radius 1 is 1.24 bits per heavy atom. The molecule has 0 saturated carbocycles. The lowest BCUT2D eigenvalue weighted by Crippen LogP contribution is -2.36. The molecule has 2 N–H and O–H groups in total. The van der Waals surface area contributed by atoms with Gasteiger partial charge in [0.25, 0.3) is 0 Å². The standard InChI is InChI=1S/C13H18N2O5S/c1-8-5-10(13(17)18)6-11(9(8)2)21(19,20)14-7-12(16)15(3)4/h5-6,14H,7H2,1-4H3,(H,17,18). The lowest BCUT2D eigenvalue weighted by atomic mass is 10.1. The number of benzene rings is 1. The van der Waals surface area contributed by atoms with Gasteiger partial charge in [0, 0.05) is 14.1 Å². The van der Waals surface area contributed by atoms with Crippen LogP contribution in [0, 0.1) is 13.8 Å². The zero-order valence-corrected chi connectivity index (χ0v) is 13.1. The van der Waals surface area contributed by atoms with E-state index in [1.807, 2.05) is 0 Å². The van der Waals surface area contributed by atoms with E-state index < -0.39 is 21.9 Å². The fourth-order valence-corrected chi connectivity index (χ4v) is 2.94. The third kappa shape index (κ3) is 4.02. The number of likely N-dealkylation sites (N-methyl/N-ethyl adjacent to an activating group) is 1. The molecule has 8 heteroatoms. The molecule has 116 valence electrons. The number of rotatable bonds is 5. The van der Waals surface area contributed by atoms with Crippen molar-refractivity contribution in [1.82, 2.24) is 9.62 Å². The van der Waals surface area contributed by atoms with Crippen LogP contribution in [0.25, 0.3) is 0 Å². The highest BCUT2D eigenvalue weighted by Crippen LogP contribution is 2.21. The van der Waals surface area contributed by atoms with Gasteiger partial charge in [0.1, 0.15) is 0 Å². The zero-order chi connectivity index (χ0) is 16.4. The van der Waals surface area contributed by atoms with Crippen molar-refractivity contribution in [1.29, 1.82) is 0 Å². The van der Waals surface area contributed by atoms with Gasteiger partial charge in [-0.3, -0.25) is 4.79 Å². The summed E-state index contributed by atoms with van der Waals surface area (Å²) in [5.74, 6) is -1.61. The molecule has 0 spiro atoms. The van der Waals surface area contributed by atoms with Crippen LogP contribution in [0.4, 0.5) is 0 Å². The van der Waals surface area contributed by atoms with E-state index in [0.717, 1.165) is 6.07 Å². The number of hydrogen-bond acceptors (Lipinski definition) is 4. The molecular formula is C13H18N2O5S. The van der Waals surface area contributed by atoms with Gasteiger partial charge in [0.2, 0.25) is 15.9 Å². The van der Waals surface area contributed by atoms with E-state index in [9.17, 15) is 18.0 Å². The Bertz CT molecular complexity index is 680. The van der Waals surface area contributed by atoms with Crippen LogP contribution in [-0.2, 0) is 14.8 Å². The van der Waals surface area contributed by atoms with Crippen molar-refractivity contribution >= 4 is 21.9 Å². The Labute approximate surface area is 123 Å². The molecule has 0 aliphatic carbocycles. The normalized spacial score (nSPS) is 11.2. The van der Waals surface area contributed by atoms with E-state index >= 15 is 0 Å². The van der Waals surface area contributed by atoms with Crippen molar-refractivity contribution in [3.63, 3.8) is 0 Å². The number of carboxylic acid groups (broad SMARTS) is 1. The zero-order valence-electron chi connectivity index (χ0n) is 12.3. The highest BCUT2D eigenvalue weighted by molar-refractivity contribution is 7.89. The summed E-state index contributed by atoms with van der Waals surface area (Å²) in [4.78, 5) is 23.6. The summed E-state index contributed by atoms with van der Waals surface area (Å²) in [7, 11) is -0.937. The number of aromatic carboxylic acids is 1. The van der Waals surface area contributed by atoms with Gasteiger partial charge >= 0.3 is 5.97 Å². The molecule has 1 aromatic rings. The fourth-order valence-electron chi connectivity index (χ4n) is 1.62. The molecule has 0 aliphatic heterocycles. The summed E-state index contributed by atoms with van der Waals surface area (Å²) >= 11 is 0. The summed E-state index contributed by atoms with van der Waals surface area (Å²) in [6.45, 7) is 2.83. The lowest BCUT2D eigenvalue weighted by Gasteiger charge is -2.14. The number of hydrogen-bond donors (Lipinski definition) is 2. The summed E-state index contributed by atoms with van der Waals surface area (Å²) in [5.41, 5.74) is 0.886. The van der Waals surface area contributed by atoms with E-state index in [1.165, 1.54) is 25.1 Å². The molecule has 1 rings (SSSR count). The van der Waals surface area contributed by atoms with E-state index in [2.05, 4.69) is 4.72 Å². The molecule has 0 saturated heterocycles. The number of carboxylic acids is 1. The lowest BCUT2D eigenvalue weighted by molar-refractivity contribution is -0.127. The quantitative estimate of drug-likeness (QED) is 0.817. The molecule has 1 aromatic carbocycles. The second-order valence-corrected chi connectivity index (χ2v) is 6.57. The average Bonchev–Trinajstić information content (AvgIpc) is 2.38. The number of nitrogens with one attached hydrogen (secondary N) is 1. The second kappa shape index (κ2) is 6.23. The maximum absolute atomic E-state index is 12.2. The molecule has 7 nitrogen and oxygen atoms in total. The predicted molar refractivity (Wildman–Crippen MR) is 76.8 cm³/mol. The van der Waals surface area contributed by atoms with E-state index in [0.29, 0.717) is 11.1 Å². The minimum atomic E-state index is -3.96. The smallest absolute Gasteiger partial charge is 0.335 e. The van der Waals surface area contributed by atoms with Crippen LogP contribution in [0.1, 0.15) is 21.5 Å². The largest absolute Gasteiger partial charge is 0.478 e. The number of amides is 1. The highest BCUT2D eigenvalue weighted by Gasteiger charge is 2.21. The van der Waals surface area contributed by atoms with Crippen molar-refractivity contribution in [3.8, 4) is 0 Å². The molecule has 0 unspecified atom stereocenters. The SMILES string of the molecule is Cc1cc(C(=O)O)cc(S(=O)(=O)NCC(=O)N(C)C)c1C. The average molecular weight is 314 g/mol. The topological polar surface area (TPSA) is 104 Å². The number of carbonyl (C=O) groups excluding carboxylic acids is 1. The Hall–Kier alpha value is -1.93. The molecule has 0 aromatic heterocycles. The van der Waals surface area contributed by atoms with Crippen LogP contribution in [0.5, 0.6) is 0 Å². The minimum Gasteiger partial charge on any atom is -0.478 e. The molecule has 1 amide bonds. The Morgan fingerprint density at radius 3 is 2.29 bits per heavy atom. The fraction of sp³-hybridized carbons (Fsp3) is 0.385. The number of aryl methyl sites for hydroxylation is 1. The third-order valence-corrected chi connectivity index (χ3v) is 4.60. The van der Waals surface area contributed by atoms with Crippen LogP contribution in [0.15, 0.2) is 17.0 Å². The van der Waals surface area contributed by atoms with Crippen LogP contribution in [0.2, 0.25) is 0 Å². The summed E-state index contributed by atoms with van der Waals surface area (Å²) < 4.78 is 26.6. The molecule has 0 fully saturated rings. The molecular weight excluding hydrogens is 296 g/mol. The van der Waals surface area contributed by atoms with Crippen LogP contribution in [0.3, 0.4) is 0 Å². The van der Waals surface area contributed by atoms with Gasteiger partial charge in [0.05, 0.1) is 17.0 Å². The molecule has 0 aliphatic rings. The van der Waals surface area contributed by atoms with Gasteiger partial charge in [-0.1, -0.05) is 0 Å². The van der Waals surface area contributed by atoms with Crippen molar-refractivity contribution in [2.75, 3.05) is 20.6 Å². The Balaban J connectivity index is 3.19. The van der Waals surface area contributed by atoms with Gasteiger partial charge in [0.15, 0.2) is 0 Å². The van der Waals surface area contributed by atoms with Crippen LogP contribution < -0.4 is 4.72 Å². The summed E-state index contributed by atoms with van der Waals surface area (Å²) in [5, 5.41) is 9.01. The van der Waals surface area contributed by atoms with Crippen molar-refractivity contribution in [2.45, 2.75) is 18.7 Å². The van der Waals surface area contributed by atoms with E-state index in [1.54, 1.807) is 13.8 Å². The molecule has 0 heterocycles. The van der Waals surface area contributed by atoms with Gasteiger partial charge in [-0.2, -0.15) is 0 Å². The number of nitrogens with zero attached hydrogens (tertiary/aromatic N) is 1. The predicted octanol–water partition coefficient (Wildman–Crippen LogP) is 0.368. The minimum absolute atomic E-state index is 0.114. The molecule has 0 atom stereocenters. The molecule has 0 radical (unpaired) electrons. The van der Waals surface area contributed by atoms with Crippen LogP contribution in [-0.4, -0.2) is 50.9 Å². The van der Waals surface area contributed by atoms with Crippen LogP contribution >= 0.6 is 0 Å². The van der Waals surface area contributed by atoms with Crippen molar-refractivity contribution in [3.05, 3.63) is 28.8 Å². The van der Waals surface area contributed by atoms with Gasteiger partial charge < -0.3 is 10.0 Å². The first-order chi connectivity index (χ1) is 9.56. The maximum atomic E-state index is 12.2. The summed E-state index contributed by atoms with van der Waals surface area (Å²) in [6.07, 6.45) is 0. The summed E-state index contributed by atoms with van der Waals surface area (Å²) in [6, 6.07) is 2.49. The highest BCUT2D eigenvalue weighted by atomic mass is 32.2. The molecule has 21 heavy (non-hydrogen) atoms.